The fourth-order valence-electron chi connectivity index (χ4n) is 2.44. The molecule has 2 rings (SSSR count). The molecule has 2 heterocycles. The standard InChI is InChI=1S/C13H22N2O/c1-11-13(5-8-16-11)10-15(2)9-12-3-6-14-7-4-12/h5,8,12,14H,3-4,6-7,9-10H2,1-2H3. The number of hydrogen-bond donors (Lipinski definition) is 1. The lowest BCUT2D eigenvalue weighted by Crippen LogP contribution is -2.34. The summed E-state index contributed by atoms with van der Waals surface area (Å²) < 4.78 is 5.32. The van der Waals surface area contributed by atoms with Crippen molar-refractivity contribution >= 4 is 0 Å². The van der Waals surface area contributed by atoms with Crippen molar-refractivity contribution in [2.75, 3.05) is 26.7 Å². The Morgan fingerprint density at radius 2 is 2.19 bits per heavy atom. The van der Waals surface area contributed by atoms with Crippen LogP contribution in [0.2, 0.25) is 0 Å². The Hall–Kier alpha value is -0.800. The number of nitrogens with zero attached hydrogens (tertiary/aromatic N) is 1. The fourth-order valence-corrected chi connectivity index (χ4v) is 2.44. The lowest BCUT2D eigenvalue weighted by molar-refractivity contribution is 0.233. The molecule has 1 aromatic rings. The molecule has 0 aromatic carbocycles. The van der Waals surface area contributed by atoms with Gasteiger partial charge in [0.15, 0.2) is 0 Å². The van der Waals surface area contributed by atoms with Gasteiger partial charge in [-0.1, -0.05) is 0 Å². The summed E-state index contributed by atoms with van der Waals surface area (Å²) in [7, 11) is 2.20. The van der Waals surface area contributed by atoms with Crippen molar-refractivity contribution in [3.63, 3.8) is 0 Å². The molecule has 3 nitrogen and oxygen atoms in total. The highest BCUT2D eigenvalue weighted by molar-refractivity contribution is 5.14. The molecule has 0 unspecified atom stereocenters. The number of hydrogen-bond acceptors (Lipinski definition) is 3. The second-order valence-electron chi connectivity index (χ2n) is 4.89. The molecule has 0 amide bonds. The van der Waals surface area contributed by atoms with Crippen molar-refractivity contribution in [3.8, 4) is 0 Å². The third kappa shape index (κ3) is 3.09. The van der Waals surface area contributed by atoms with Gasteiger partial charge in [-0.25, -0.2) is 0 Å². The zero-order chi connectivity index (χ0) is 11.4. The van der Waals surface area contributed by atoms with Crippen molar-refractivity contribution in [3.05, 3.63) is 23.7 Å². The van der Waals surface area contributed by atoms with Crippen LogP contribution in [0.5, 0.6) is 0 Å². The van der Waals surface area contributed by atoms with Gasteiger partial charge in [0.2, 0.25) is 0 Å². The van der Waals surface area contributed by atoms with E-state index in [-0.39, 0.29) is 0 Å². The Labute approximate surface area is 97.8 Å². The highest BCUT2D eigenvalue weighted by Gasteiger charge is 2.15. The molecule has 0 aliphatic carbocycles. The minimum atomic E-state index is 0.860. The number of nitrogens with one attached hydrogen (secondary N) is 1. The summed E-state index contributed by atoms with van der Waals surface area (Å²) in [5, 5.41) is 3.41. The maximum absolute atomic E-state index is 5.32. The first kappa shape index (κ1) is 11.7. The molecule has 16 heavy (non-hydrogen) atoms. The molecule has 0 radical (unpaired) electrons. The van der Waals surface area contributed by atoms with Crippen LogP contribution >= 0.6 is 0 Å². The Balaban J connectivity index is 1.79. The molecule has 0 spiro atoms. The number of piperidine rings is 1. The summed E-state index contributed by atoms with van der Waals surface area (Å²) in [6.45, 7) is 6.61. The van der Waals surface area contributed by atoms with Gasteiger partial charge in [0.1, 0.15) is 5.76 Å². The first-order valence-electron chi connectivity index (χ1n) is 6.18. The molecule has 1 aromatic heterocycles. The maximum Gasteiger partial charge on any atom is 0.105 e. The summed E-state index contributed by atoms with van der Waals surface area (Å²) in [4.78, 5) is 2.41. The van der Waals surface area contributed by atoms with Crippen LogP contribution in [-0.2, 0) is 6.54 Å². The van der Waals surface area contributed by atoms with Crippen LogP contribution in [0.1, 0.15) is 24.2 Å². The number of furan rings is 1. The van der Waals surface area contributed by atoms with Gasteiger partial charge >= 0.3 is 0 Å². The van der Waals surface area contributed by atoms with E-state index in [0.29, 0.717) is 0 Å². The molecule has 1 fully saturated rings. The molecule has 1 saturated heterocycles. The quantitative estimate of drug-likeness (QED) is 0.845. The molecular formula is C13H22N2O. The highest BCUT2D eigenvalue weighted by atomic mass is 16.3. The van der Waals surface area contributed by atoms with Crippen molar-refractivity contribution in [2.45, 2.75) is 26.3 Å². The van der Waals surface area contributed by atoms with Crippen LogP contribution in [0.25, 0.3) is 0 Å². The molecule has 1 aliphatic heterocycles. The predicted molar refractivity (Wildman–Crippen MR) is 65.4 cm³/mol. The topological polar surface area (TPSA) is 28.4 Å². The van der Waals surface area contributed by atoms with Gasteiger partial charge in [-0.2, -0.15) is 0 Å². The molecule has 90 valence electrons. The van der Waals surface area contributed by atoms with E-state index in [1.165, 1.54) is 38.0 Å². The van der Waals surface area contributed by atoms with Crippen molar-refractivity contribution in [2.24, 2.45) is 5.92 Å². The van der Waals surface area contributed by atoms with Gasteiger partial charge < -0.3 is 14.6 Å². The van der Waals surface area contributed by atoms with Gasteiger partial charge in [-0.05, 0) is 51.9 Å². The number of aryl methyl sites for hydroxylation is 1. The SMILES string of the molecule is Cc1occc1CN(C)CC1CCNCC1. The third-order valence-electron chi connectivity index (χ3n) is 3.44. The number of rotatable bonds is 4. The van der Waals surface area contributed by atoms with Gasteiger partial charge in [-0.3, -0.25) is 0 Å². The maximum atomic E-state index is 5.32. The molecular weight excluding hydrogens is 200 g/mol. The molecule has 3 heteroatoms. The molecule has 0 atom stereocenters. The average molecular weight is 222 g/mol. The lowest BCUT2D eigenvalue weighted by Gasteiger charge is -2.27. The smallest absolute Gasteiger partial charge is 0.105 e. The summed E-state index contributed by atoms with van der Waals surface area (Å²) in [5.41, 5.74) is 1.32. The average Bonchev–Trinajstić information content (AvgIpc) is 2.66. The van der Waals surface area contributed by atoms with Crippen LogP contribution in [0.4, 0.5) is 0 Å². The van der Waals surface area contributed by atoms with E-state index in [0.717, 1.165) is 18.2 Å². The normalized spacial score (nSPS) is 18.2. The van der Waals surface area contributed by atoms with Crippen LogP contribution in [0.15, 0.2) is 16.7 Å². The molecule has 0 bridgehead atoms. The Kier molecular flexibility index (Phi) is 4.02. The molecule has 1 N–H and O–H groups in total. The Morgan fingerprint density at radius 3 is 2.81 bits per heavy atom. The second kappa shape index (κ2) is 5.51. The minimum absolute atomic E-state index is 0.860. The second-order valence-corrected chi connectivity index (χ2v) is 4.89. The van der Waals surface area contributed by atoms with E-state index in [2.05, 4.69) is 23.3 Å². The molecule has 1 aliphatic rings. The van der Waals surface area contributed by atoms with Gasteiger partial charge in [0, 0.05) is 18.7 Å². The van der Waals surface area contributed by atoms with Crippen LogP contribution in [-0.4, -0.2) is 31.6 Å². The highest BCUT2D eigenvalue weighted by Crippen LogP contribution is 2.16. The van der Waals surface area contributed by atoms with E-state index in [9.17, 15) is 0 Å². The van der Waals surface area contributed by atoms with Crippen molar-refractivity contribution < 1.29 is 4.42 Å². The fraction of sp³-hybridized carbons (Fsp3) is 0.692. The van der Waals surface area contributed by atoms with Gasteiger partial charge in [0.25, 0.3) is 0 Å². The zero-order valence-electron chi connectivity index (χ0n) is 10.3. The zero-order valence-corrected chi connectivity index (χ0v) is 10.3. The largest absolute Gasteiger partial charge is 0.469 e. The Bertz CT molecular complexity index is 315. The first-order valence-corrected chi connectivity index (χ1v) is 6.18. The summed E-state index contributed by atoms with van der Waals surface area (Å²) in [6.07, 6.45) is 4.41. The predicted octanol–water partition coefficient (Wildman–Crippen LogP) is 2.02. The molecule has 0 saturated carbocycles. The van der Waals surface area contributed by atoms with Crippen molar-refractivity contribution in [1.82, 2.24) is 10.2 Å². The Morgan fingerprint density at radius 1 is 1.44 bits per heavy atom. The third-order valence-corrected chi connectivity index (χ3v) is 3.44. The van der Waals surface area contributed by atoms with E-state index in [1.807, 2.05) is 6.92 Å². The van der Waals surface area contributed by atoms with E-state index >= 15 is 0 Å². The lowest BCUT2D eigenvalue weighted by atomic mass is 9.97. The van der Waals surface area contributed by atoms with E-state index in [4.69, 9.17) is 4.42 Å². The van der Waals surface area contributed by atoms with Crippen molar-refractivity contribution in [1.29, 1.82) is 0 Å². The van der Waals surface area contributed by atoms with E-state index in [1.54, 1.807) is 6.26 Å². The summed E-state index contributed by atoms with van der Waals surface area (Å²) >= 11 is 0. The van der Waals surface area contributed by atoms with Crippen LogP contribution in [0.3, 0.4) is 0 Å². The minimum Gasteiger partial charge on any atom is -0.469 e. The van der Waals surface area contributed by atoms with Crippen LogP contribution in [0, 0.1) is 12.8 Å². The van der Waals surface area contributed by atoms with Gasteiger partial charge in [-0.15, -0.1) is 0 Å². The van der Waals surface area contributed by atoms with Crippen LogP contribution < -0.4 is 5.32 Å². The first-order chi connectivity index (χ1) is 7.75. The monoisotopic (exact) mass is 222 g/mol. The van der Waals surface area contributed by atoms with Gasteiger partial charge in [0.05, 0.1) is 6.26 Å². The van der Waals surface area contributed by atoms with E-state index < -0.39 is 0 Å². The summed E-state index contributed by atoms with van der Waals surface area (Å²) in [6, 6.07) is 2.08. The summed E-state index contributed by atoms with van der Waals surface area (Å²) in [5.74, 6) is 1.91.